The van der Waals surface area contributed by atoms with Gasteiger partial charge >= 0.3 is 0 Å². The molecule has 2 aromatic rings. The van der Waals surface area contributed by atoms with E-state index in [0.29, 0.717) is 11.4 Å². The van der Waals surface area contributed by atoms with Crippen LogP contribution in [-0.2, 0) is 6.42 Å². The van der Waals surface area contributed by atoms with E-state index in [4.69, 9.17) is 10.5 Å². The molecule has 3 N–H and O–H groups in total. The van der Waals surface area contributed by atoms with E-state index >= 15 is 0 Å². The first kappa shape index (κ1) is 12.3. The lowest BCUT2D eigenvalue weighted by Gasteiger charge is -2.10. The molecule has 18 heavy (non-hydrogen) atoms. The Morgan fingerprint density at radius 1 is 1.06 bits per heavy atom. The number of ether oxygens (including phenoxy) is 1. The van der Waals surface area contributed by atoms with E-state index in [1.807, 2.05) is 18.2 Å². The van der Waals surface area contributed by atoms with E-state index < -0.39 is 0 Å². The smallest absolute Gasteiger partial charge is 0.143 e. The molecular weight excluding hydrogens is 224 g/mol. The van der Waals surface area contributed by atoms with Crippen LogP contribution in [0.5, 0.6) is 5.75 Å². The molecule has 0 aromatic heterocycles. The number of nitrogen functional groups attached to an aromatic ring is 1. The largest absolute Gasteiger partial charge is 0.495 e. The Balaban J connectivity index is 2.17. The fraction of sp³-hybridized carbons (Fsp3) is 0.200. The maximum absolute atomic E-state index is 5.78. The summed E-state index contributed by atoms with van der Waals surface area (Å²) in [6, 6.07) is 14.0. The zero-order valence-corrected chi connectivity index (χ0v) is 10.7. The molecule has 0 heterocycles. The summed E-state index contributed by atoms with van der Waals surface area (Å²) in [7, 11) is 1.62. The van der Waals surface area contributed by atoms with Gasteiger partial charge in [-0.1, -0.05) is 19.1 Å². The summed E-state index contributed by atoms with van der Waals surface area (Å²) < 4.78 is 5.19. The molecule has 0 atom stereocenters. The van der Waals surface area contributed by atoms with E-state index in [0.717, 1.165) is 17.8 Å². The van der Waals surface area contributed by atoms with E-state index in [-0.39, 0.29) is 0 Å². The van der Waals surface area contributed by atoms with Gasteiger partial charge < -0.3 is 15.8 Å². The van der Waals surface area contributed by atoms with Gasteiger partial charge in [-0.25, -0.2) is 0 Å². The maximum atomic E-state index is 5.78. The van der Waals surface area contributed by atoms with E-state index in [1.54, 1.807) is 7.11 Å². The Morgan fingerprint density at radius 3 is 2.33 bits per heavy atom. The van der Waals surface area contributed by atoms with Crippen molar-refractivity contribution in [2.45, 2.75) is 13.3 Å². The Kier molecular flexibility index (Phi) is 3.72. The molecule has 0 radical (unpaired) electrons. The molecule has 0 bridgehead atoms. The number of aryl methyl sites for hydroxylation is 1. The van der Waals surface area contributed by atoms with Gasteiger partial charge in [0, 0.05) is 17.4 Å². The lowest BCUT2D eigenvalue weighted by Crippen LogP contribution is -1.95. The third-order valence-corrected chi connectivity index (χ3v) is 2.88. The van der Waals surface area contributed by atoms with Crippen LogP contribution >= 0.6 is 0 Å². The van der Waals surface area contributed by atoms with Crippen molar-refractivity contribution in [1.82, 2.24) is 0 Å². The molecule has 0 aliphatic rings. The average molecular weight is 242 g/mol. The normalized spacial score (nSPS) is 10.1. The van der Waals surface area contributed by atoms with Gasteiger partial charge in [-0.3, -0.25) is 0 Å². The summed E-state index contributed by atoms with van der Waals surface area (Å²) in [6.07, 6.45) is 1.05. The first-order chi connectivity index (χ1) is 8.72. The van der Waals surface area contributed by atoms with Gasteiger partial charge in [0.05, 0.1) is 12.8 Å². The summed E-state index contributed by atoms with van der Waals surface area (Å²) in [6.45, 7) is 2.15. The molecule has 0 saturated carbocycles. The van der Waals surface area contributed by atoms with E-state index in [9.17, 15) is 0 Å². The highest BCUT2D eigenvalue weighted by atomic mass is 16.5. The van der Waals surface area contributed by atoms with Crippen molar-refractivity contribution in [3.63, 3.8) is 0 Å². The highest BCUT2D eigenvalue weighted by molar-refractivity contribution is 5.66. The van der Waals surface area contributed by atoms with Gasteiger partial charge in [-0.15, -0.1) is 0 Å². The van der Waals surface area contributed by atoms with Crippen molar-refractivity contribution in [2.75, 3.05) is 18.2 Å². The minimum absolute atomic E-state index is 0.643. The Bertz CT molecular complexity index is 521. The number of rotatable bonds is 4. The fourth-order valence-electron chi connectivity index (χ4n) is 1.78. The molecule has 2 rings (SSSR count). The van der Waals surface area contributed by atoms with Crippen LogP contribution in [0.3, 0.4) is 0 Å². The molecule has 0 unspecified atom stereocenters. The molecule has 0 spiro atoms. The average Bonchev–Trinajstić information content (AvgIpc) is 2.42. The molecular formula is C15H18N2O. The first-order valence-corrected chi connectivity index (χ1v) is 6.02. The molecule has 2 aromatic carbocycles. The lowest BCUT2D eigenvalue weighted by atomic mass is 10.1. The van der Waals surface area contributed by atoms with Crippen LogP contribution in [0.2, 0.25) is 0 Å². The lowest BCUT2D eigenvalue weighted by molar-refractivity contribution is 0.417. The second-order valence-corrected chi connectivity index (χ2v) is 4.13. The van der Waals surface area contributed by atoms with Gasteiger partial charge in [-0.2, -0.15) is 0 Å². The second-order valence-electron chi connectivity index (χ2n) is 4.13. The van der Waals surface area contributed by atoms with Crippen molar-refractivity contribution in [3.05, 3.63) is 48.0 Å². The van der Waals surface area contributed by atoms with Crippen LogP contribution in [0.15, 0.2) is 42.5 Å². The topological polar surface area (TPSA) is 47.3 Å². The van der Waals surface area contributed by atoms with Crippen molar-refractivity contribution >= 4 is 17.1 Å². The summed E-state index contributed by atoms with van der Waals surface area (Å²) in [5, 5.41) is 3.32. The predicted molar refractivity (Wildman–Crippen MR) is 76.5 cm³/mol. The molecule has 3 heteroatoms. The zero-order valence-electron chi connectivity index (χ0n) is 10.7. The SMILES string of the molecule is CCc1ccc(Nc2ccc(N)c(OC)c2)cc1. The molecule has 0 amide bonds. The maximum Gasteiger partial charge on any atom is 0.143 e. The number of nitrogens with two attached hydrogens (primary N) is 1. The van der Waals surface area contributed by atoms with Gasteiger partial charge in [0.2, 0.25) is 0 Å². The standard InChI is InChI=1S/C15H18N2O/c1-3-11-4-6-12(7-5-11)17-13-8-9-14(16)15(10-13)18-2/h4-10,17H,3,16H2,1-2H3. The zero-order chi connectivity index (χ0) is 13.0. The second kappa shape index (κ2) is 5.45. The first-order valence-electron chi connectivity index (χ1n) is 6.02. The third kappa shape index (κ3) is 2.74. The van der Waals surface area contributed by atoms with Gasteiger partial charge in [-0.05, 0) is 36.2 Å². The quantitative estimate of drug-likeness (QED) is 0.805. The highest BCUT2D eigenvalue weighted by Crippen LogP contribution is 2.27. The Morgan fingerprint density at radius 2 is 1.72 bits per heavy atom. The van der Waals surface area contributed by atoms with Crippen molar-refractivity contribution in [3.8, 4) is 5.75 Å². The molecule has 0 saturated heterocycles. The van der Waals surface area contributed by atoms with Crippen molar-refractivity contribution in [2.24, 2.45) is 0 Å². The van der Waals surface area contributed by atoms with Crippen LogP contribution in [-0.4, -0.2) is 7.11 Å². The van der Waals surface area contributed by atoms with Crippen molar-refractivity contribution in [1.29, 1.82) is 0 Å². The minimum Gasteiger partial charge on any atom is -0.495 e. The van der Waals surface area contributed by atoms with Crippen LogP contribution in [0, 0.1) is 0 Å². The summed E-state index contributed by atoms with van der Waals surface area (Å²) in [5.74, 6) is 0.685. The number of benzene rings is 2. The third-order valence-electron chi connectivity index (χ3n) is 2.88. The summed E-state index contributed by atoms with van der Waals surface area (Å²) in [4.78, 5) is 0. The Labute approximate surface area is 108 Å². The number of hydrogen-bond donors (Lipinski definition) is 2. The molecule has 0 fully saturated rings. The van der Waals surface area contributed by atoms with Crippen LogP contribution in [0.25, 0.3) is 0 Å². The monoisotopic (exact) mass is 242 g/mol. The number of methoxy groups -OCH3 is 1. The van der Waals surface area contributed by atoms with Crippen LogP contribution in [0.4, 0.5) is 17.1 Å². The molecule has 0 aliphatic heterocycles. The number of hydrogen-bond acceptors (Lipinski definition) is 3. The summed E-state index contributed by atoms with van der Waals surface area (Å²) in [5.41, 5.74) is 9.77. The van der Waals surface area contributed by atoms with Gasteiger partial charge in [0.25, 0.3) is 0 Å². The summed E-state index contributed by atoms with van der Waals surface area (Å²) >= 11 is 0. The van der Waals surface area contributed by atoms with Crippen LogP contribution < -0.4 is 15.8 Å². The fourth-order valence-corrected chi connectivity index (χ4v) is 1.78. The van der Waals surface area contributed by atoms with Crippen LogP contribution in [0.1, 0.15) is 12.5 Å². The number of nitrogens with one attached hydrogen (secondary N) is 1. The molecule has 0 aliphatic carbocycles. The number of anilines is 3. The van der Waals surface area contributed by atoms with E-state index in [2.05, 4.69) is 36.5 Å². The minimum atomic E-state index is 0.643. The highest BCUT2D eigenvalue weighted by Gasteiger charge is 2.01. The van der Waals surface area contributed by atoms with Crippen molar-refractivity contribution < 1.29 is 4.74 Å². The van der Waals surface area contributed by atoms with Gasteiger partial charge in [0.15, 0.2) is 0 Å². The van der Waals surface area contributed by atoms with E-state index in [1.165, 1.54) is 5.56 Å². The predicted octanol–water partition coefficient (Wildman–Crippen LogP) is 3.58. The molecule has 3 nitrogen and oxygen atoms in total. The molecule has 94 valence electrons. The Hall–Kier alpha value is -2.16. The van der Waals surface area contributed by atoms with Gasteiger partial charge in [0.1, 0.15) is 5.75 Å².